The van der Waals surface area contributed by atoms with Gasteiger partial charge in [-0.1, -0.05) is 93.0 Å². The molecule has 0 saturated carbocycles. The van der Waals surface area contributed by atoms with Gasteiger partial charge in [0.15, 0.2) is 0 Å². The summed E-state index contributed by atoms with van der Waals surface area (Å²) in [6.07, 6.45) is 1.60. The third-order valence-electron chi connectivity index (χ3n) is 7.89. The smallest absolute Gasteiger partial charge is 0.261 e. The van der Waals surface area contributed by atoms with E-state index in [4.69, 9.17) is 32.1 Å². The summed E-state index contributed by atoms with van der Waals surface area (Å²) in [5.41, 5.74) is 0.387. The molecule has 1 fully saturated rings. The molecule has 4 aromatic rings. The molecule has 1 aliphatic heterocycles. The summed E-state index contributed by atoms with van der Waals surface area (Å²) >= 11 is 6.20. The molecule has 1 aromatic heterocycles. The molecule has 0 N–H and O–H groups in total. The fourth-order valence-corrected chi connectivity index (χ4v) is 10.6. The fourth-order valence-electron chi connectivity index (χ4n) is 5.70. The maximum absolute atomic E-state index is 12.8. The molecule has 9 heteroatoms. The van der Waals surface area contributed by atoms with Gasteiger partial charge in [-0.05, 0) is 39.0 Å². The minimum Gasteiger partial charge on any atom is -0.502 e. The van der Waals surface area contributed by atoms with Gasteiger partial charge in [-0.2, -0.15) is 0 Å². The molecule has 1 aliphatic rings. The van der Waals surface area contributed by atoms with Crippen LogP contribution in [0.2, 0.25) is 10.2 Å². The number of amides is 1. The van der Waals surface area contributed by atoms with Crippen LogP contribution < -0.4 is 15.1 Å². The number of hydrogen-bond acceptors (Lipinski definition) is 5. The predicted octanol–water partition coefficient (Wildman–Crippen LogP) is 5.87. The number of nitrogens with zero attached hydrogens (tertiary/aromatic N) is 3. The highest BCUT2D eigenvalue weighted by Crippen LogP contribution is 2.38. The minimum atomic E-state index is -2.60. The van der Waals surface area contributed by atoms with E-state index in [0.29, 0.717) is 41.7 Å². The molecule has 222 valence electrons. The van der Waals surface area contributed by atoms with Crippen molar-refractivity contribution >= 4 is 52.7 Å². The number of carbonyl (C=O) groups is 1. The number of ether oxygens (including phenoxy) is 2. The molecule has 0 unspecified atom stereocenters. The molecule has 0 spiro atoms. The number of aromatic nitrogens is 1. The SMILES string of the molecule is [C-]#[N+]c1cc2ccnc(Cl)c2cc1OCCOCC(=O)N1CC(CO[Si](c2ccccc2)(c2ccccc2)C(C)(C)C)C1. The monoisotopic (exact) mass is 613 g/mol. The largest absolute Gasteiger partial charge is 0.502 e. The van der Waals surface area contributed by atoms with E-state index in [1.807, 2.05) is 17.0 Å². The van der Waals surface area contributed by atoms with Gasteiger partial charge in [0, 0.05) is 37.2 Å². The van der Waals surface area contributed by atoms with Crippen LogP contribution >= 0.6 is 11.6 Å². The Bertz CT molecular complexity index is 1560. The molecule has 1 saturated heterocycles. The second-order valence-electron chi connectivity index (χ2n) is 11.8. The number of likely N-dealkylation sites (tertiary alicyclic amines) is 1. The number of halogens is 1. The molecule has 43 heavy (non-hydrogen) atoms. The van der Waals surface area contributed by atoms with Crippen molar-refractivity contribution in [3.8, 4) is 5.75 Å². The summed E-state index contributed by atoms with van der Waals surface area (Å²) in [5.74, 6) is 0.640. The summed E-state index contributed by atoms with van der Waals surface area (Å²) in [4.78, 5) is 22.2. The van der Waals surface area contributed by atoms with E-state index in [9.17, 15) is 4.79 Å². The molecule has 2 heterocycles. The summed E-state index contributed by atoms with van der Waals surface area (Å²) in [6.45, 7) is 16.6. The number of fused-ring (bicyclic) bond motifs is 1. The van der Waals surface area contributed by atoms with Gasteiger partial charge in [-0.25, -0.2) is 9.83 Å². The van der Waals surface area contributed by atoms with Crippen LogP contribution in [0.15, 0.2) is 85.1 Å². The number of carbonyl (C=O) groups excluding carboxylic acids is 1. The van der Waals surface area contributed by atoms with E-state index in [2.05, 4.69) is 79.1 Å². The lowest BCUT2D eigenvalue weighted by Crippen LogP contribution is -2.67. The zero-order valence-corrected chi connectivity index (χ0v) is 26.5. The molecule has 0 aliphatic carbocycles. The van der Waals surface area contributed by atoms with Crippen LogP contribution in [0, 0.1) is 12.5 Å². The molecule has 1 amide bonds. The zero-order chi connectivity index (χ0) is 30.5. The molecular formula is C34H36ClN3O4Si. The summed E-state index contributed by atoms with van der Waals surface area (Å²) in [7, 11) is -2.60. The first-order valence-corrected chi connectivity index (χ1v) is 16.7. The molecular weight excluding hydrogens is 578 g/mol. The van der Waals surface area contributed by atoms with Crippen molar-refractivity contribution in [2.45, 2.75) is 25.8 Å². The van der Waals surface area contributed by atoms with Gasteiger partial charge in [-0.3, -0.25) is 4.79 Å². The number of pyridine rings is 1. The number of rotatable bonds is 11. The predicted molar refractivity (Wildman–Crippen MR) is 173 cm³/mol. The third kappa shape index (κ3) is 6.61. The topological polar surface area (TPSA) is 65.2 Å². The summed E-state index contributed by atoms with van der Waals surface area (Å²) in [5, 5.41) is 4.31. The summed E-state index contributed by atoms with van der Waals surface area (Å²) < 4.78 is 18.4. The Morgan fingerprint density at radius 1 is 1.02 bits per heavy atom. The van der Waals surface area contributed by atoms with Crippen LogP contribution in [0.5, 0.6) is 5.75 Å². The standard InChI is InChI=1S/C34H36ClN3O4Si/c1-34(2,3)43(27-11-7-5-8-12-27,28-13-9-6-10-14-28)42-23-25-21-38(22-25)32(39)24-40-17-18-41-31-20-29-26(19-30(31)36-4)15-16-37-33(29)35/h5-16,19-20,25H,17-18,21-24H2,1-3H3. The van der Waals surface area contributed by atoms with Crippen molar-refractivity contribution in [3.63, 3.8) is 0 Å². The van der Waals surface area contributed by atoms with Crippen LogP contribution in [0.3, 0.4) is 0 Å². The van der Waals surface area contributed by atoms with Crippen molar-refractivity contribution in [1.82, 2.24) is 9.88 Å². The Morgan fingerprint density at radius 3 is 2.28 bits per heavy atom. The van der Waals surface area contributed by atoms with E-state index in [1.54, 1.807) is 24.4 Å². The van der Waals surface area contributed by atoms with Crippen molar-refractivity contribution in [1.29, 1.82) is 0 Å². The first-order chi connectivity index (χ1) is 20.7. The average molecular weight is 614 g/mol. The third-order valence-corrected chi connectivity index (χ3v) is 13.2. The molecule has 0 bridgehead atoms. The Balaban J connectivity index is 1.12. The van der Waals surface area contributed by atoms with Crippen molar-refractivity contribution in [2.24, 2.45) is 5.92 Å². The van der Waals surface area contributed by atoms with Gasteiger partial charge >= 0.3 is 0 Å². The van der Waals surface area contributed by atoms with Gasteiger partial charge < -0.3 is 18.8 Å². The van der Waals surface area contributed by atoms with Crippen LogP contribution in [-0.2, 0) is 14.0 Å². The number of hydrogen-bond donors (Lipinski definition) is 0. The highest BCUT2D eigenvalue weighted by molar-refractivity contribution is 6.99. The average Bonchev–Trinajstić information content (AvgIpc) is 2.98. The van der Waals surface area contributed by atoms with Crippen LogP contribution in [0.4, 0.5) is 5.69 Å². The Morgan fingerprint density at radius 2 is 1.67 bits per heavy atom. The zero-order valence-electron chi connectivity index (χ0n) is 24.8. The van der Waals surface area contributed by atoms with Gasteiger partial charge in [0.25, 0.3) is 8.32 Å². The van der Waals surface area contributed by atoms with Crippen LogP contribution in [-0.4, -0.2) is 63.6 Å². The van der Waals surface area contributed by atoms with E-state index >= 15 is 0 Å². The van der Waals surface area contributed by atoms with Gasteiger partial charge in [-0.15, -0.1) is 0 Å². The second-order valence-corrected chi connectivity index (χ2v) is 16.5. The maximum Gasteiger partial charge on any atom is 0.261 e. The minimum absolute atomic E-state index is 0.0191. The quantitative estimate of drug-likeness (QED) is 0.0916. The highest BCUT2D eigenvalue weighted by Gasteiger charge is 2.50. The molecule has 7 nitrogen and oxygen atoms in total. The van der Waals surface area contributed by atoms with E-state index in [0.717, 1.165) is 5.39 Å². The maximum atomic E-state index is 12.8. The molecule has 5 rings (SSSR count). The first kappa shape index (κ1) is 30.7. The lowest BCUT2D eigenvalue weighted by molar-refractivity contribution is -0.143. The van der Waals surface area contributed by atoms with E-state index in [-0.39, 0.29) is 36.7 Å². The Hall–Kier alpha value is -3.74. The van der Waals surface area contributed by atoms with Crippen molar-refractivity contribution in [3.05, 3.63) is 102 Å². The second kappa shape index (κ2) is 13.3. The normalized spacial score (nSPS) is 13.9. The highest BCUT2D eigenvalue weighted by atomic mass is 35.5. The molecule has 0 atom stereocenters. The van der Waals surface area contributed by atoms with Gasteiger partial charge in [0.1, 0.15) is 24.1 Å². The number of benzene rings is 3. The van der Waals surface area contributed by atoms with Gasteiger partial charge in [0.05, 0.1) is 13.2 Å². The molecule has 0 radical (unpaired) electrons. The van der Waals surface area contributed by atoms with Gasteiger partial charge in [0.2, 0.25) is 11.6 Å². The fraction of sp³-hybridized carbons (Fsp3) is 0.324. The lowest BCUT2D eigenvalue weighted by atomic mass is 10.0. The lowest BCUT2D eigenvalue weighted by Gasteiger charge is -2.46. The van der Waals surface area contributed by atoms with E-state index < -0.39 is 8.32 Å². The Labute approximate surface area is 259 Å². The van der Waals surface area contributed by atoms with E-state index in [1.165, 1.54) is 10.4 Å². The Kier molecular flexibility index (Phi) is 9.48. The van der Waals surface area contributed by atoms with Crippen molar-refractivity contribution < 1.29 is 18.7 Å². The summed E-state index contributed by atoms with van der Waals surface area (Å²) in [6, 6.07) is 26.4. The van der Waals surface area contributed by atoms with Crippen molar-refractivity contribution in [2.75, 3.05) is 39.5 Å². The first-order valence-electron chi connectivity index (χ1n) is 14.4. The van der Waals surface area contributed by atoms with Crippen LogP contribution in [0.25, 0.3) is 15.6 Å². The molecule has 3 aromatic carbocycles. The van der Waals surface area contributed by atoms with Crippen LogP contribution in [0.1, 0.15) is 20.8 Å².